The quantitative estimate of drug-likeness (QED) is 0.780. The van der Waals surface area contributed by atoms with Gasteiger partial charge in [0, 0.05) is 19.6 Å². The average molecular weight is 265 g/mol. The lowest BCUT2D eigenvalue weighted by Gasteiger charge is -2.14. The lowest BCUT2D eigenvalue weighted by atomic mass is 10.1. The van der Waals surface area contributed by atoms with Crippen molar-refractivity contribution in [3.05, 3.63) is 11.7 Å². The zero-order valence-corrected chi connectivity index (χ0v) is 11.8. The number of methoxy groups -OCH3 is 1. The van der Waals surface area contributed by atoms with Crippen molar-refractivity contribution in [2.24, 2.45) is 11.8 Å². The first-order valence-corrected chi connectivity index (χ1v) is 7.40. The number of nitrogens with zero attached hydrogens (tertiary/aromatic N) is 2. The summed E-state index contributed by atoms with van der Waals surface area (Å²) in [5.41, 5.74) is 0. The van der Waals surface area contributed by atoms with Crippen LogP contribution in [0.1, 0.15) is 50.4 Å². The van der Waals surface area contributed by atoms with Crippen molar-refractivity contribution in [3.8, 4) is 0 Å². The van der Waals surface area contributed by atoms with Gasteiger partial charge in [0.1, 0.15) is 6.10 Å². The second kappa shape index (κ2) is 5.59. The number of hydrogen-bond acceptors (Lipinski definition) is 5. The van der Waals surface area contributed by atoms with E-state index in [4.69, 9.17) is 9.26 Å². The van der Waals surface area contributed by atoms with E-state index in [1.807, 2.05) is 0 Å². The van der Waals surface area contributed by atoms with Gasteiger partial charge in [0.05, 0.1) is 0 Å². The highest BCUT2D eigenvalue weighted by Crippen LogP contribution is 2.42. The third kappa shape index (κ3) is 3.15. The molecule has 1 heterocycles. The van der Waals surface area contributed by atoms with Gasteiger partial charge in [-0.05, 0) is 44.1 Å². The minimum absolute atomic E-state index is 0.0241. The van der Waals surface area contributed by atoms with E-state index in [9.17, 15) is 0 Å². The Bertz CT molecular complexity index is 413. The van der Waals surface area contributed by atoms with Gasteiger partial charge in [-0.3, -0.25) is 0 Å². The SMILES string of the molecule is CCNC(Cc1nc(C(OC)C2CC2)no1)C1CC1. The van der Waals surface area contributed by atoms with Gasteiger partial charge in [-0.15, -0.1) is 0 Å². The van der Waals surface area contributed by atoms with Crippen molar-refractivity contribution >= 4 is 0 Å². The predicted octanol–water partition coefficient (Wildman–Crippen LogP) is 2.10. The molecule has 0 amide bonds. The van der Waals surface area contributed by atoms with Crippen LogP contribution in [0.2, 0.25) is 0 Å². The van der Waals surface area contributed by atoms with E-state index < -0.39 is 0 Å². The maximum atomic E-state index is 5.49. The fraction of sp³-hybridized carbons (Fsp3) is 0.857. The Morgan fingerprint density at radius 1 is 1.32 bits per heavy atom. The van der Waals surface area contributed by atoms with Gasteiger partial charge in [-0.1, -0.05) is 12.1 Å². The fourth-order valence-electron chi connectivity index (χ4n) is 2.73. The molecule has 5 nitrogen and oxygen atoms in total. The van der Waals surface area contributed by atoms with Crippen LogP contribution in [0.3, 0.4) is 0 Å². The Kier molecular flexibility index (Phi) is 3.84. The zero-order valence-electron chi connectivity index (χ0n) is 11.8. The monoisotopic (exact) mass is 265 g/mol. The number of rotatable bonds is 8. The summed E-state index contributed by atoms with van der Waals surface area (Å²) >= 11 is 0. The van der Waals surface area contributed by atoms with E-state index in [0.717, 1.165) is 30.6 Å². The van der Waals surface area contributed by atoms with Gasteiger partial charge in [0.25, 0.3) is 0 Å². The van der Waals surface area contributed by atoms with Crippen LogP contribution in [0.4, 0.5) is 0 Å². The van der Waals surface area contributed by atoms with E-state index in [0.29, 0.717) is 12.0 Å². The lowest BCUT2D eigenvalue weighted by Crippen LogP contribution is -2.33. The van der Waals surface area contributed by atoms with Crippen LogP contribution >= 0.6 is 0 Å². The number of nitrogens with one attached hydrogen (secondary N) is 1. The molecule has 2 unspecified atom stereocenters. The second-order valence-corrected chi connectivity index (χ2v) is 5.75. The Balaban J connectivity index is 1.63. The van der Waals surface area contributed by atoms with Gasteiger partial charge >= 0.3 is 0 Å². The summed E-state index contributed by atoms with van der Waals surface area (Å²) < 4.78 is 10.9. The molecule has 2 aliphatic carbocycles. The van der Waals surface area contributed by atoms with E-state index in [-0.39, 0.29) is 6.10 Å². The Labute approximate surface area is 114 Å². The summed E-state index contributed by atoms with van der Waals surface area (Å²) in [5, 5.41) is 7.62. The third-order valence-electron chi connectivity index (χ3n) is 4.09. The molecule has 0 radical (unpaired) electrons. The molecule has 0 bridgehead atoms. The van der Waals surface area contributed by atoms with Crippen molar-refractivity contribution in [2.45, 2.75) is 51.2 Å². The molecule has 0 aliphatic heterocycles. The Hall–Kier alpha value is -0.940. The van der Waals surface area contributed by atoms with Crippen LogP contribution in [-0.4, -0.2) is 29.8 Å². The van der Waals surface area contributed by atoms with Crippen LogP contribution in [0.15, 0.2) is 4.52 Å². The molecule has 2 aliphatic rings. The molecule has 2 saturated carbocycles. The Morgan fingerprint density at radius 2 is 2.05 bits per heavy atom. The average Bonchev–Trinajstić information content (AvgIpc) is 3.30. The minimum atomic E-state index is 0.0241. The van der Waals surface area contributed by atoms with Crippen molar-refractivity contribution in [1.29, 1.82) is 0 Å². The normalized spacial score (nSPS) is 22.4. The van der Waals surface area contributed by atoms with Crippen molar-refractivity contribution in [1.82, 2.24) is 15.5 Å². The molecule has 3 rings (SSSR count). The molecule has 0 aromatic carbocycles. The smallest absolute Gasteiger partial charge is 0.228 e. The van der Waals surface area contributed by atoms with E-state index in [1.165, 1.54) is 25.7 Å². The minimum Gasteiger partial charge on any atom is -0.373 e. The van der Waals surface area contributed by atoms with E-state index >= 15 is 0 Å². The largest absolute Gasteiger partial charge is 0.373 e. The standard InChI is InChI=1S/C14H23N3O2/c1-3-15-11(9-4-5-9)8-12-16-14(17-19-12)13(18-2)10-6-7-10/h9-11,13,15H,3-8H2,1-2H3. The van der Waals surface area contributed by atoms with Crippen LogP contribution in [0.5, 0.6) is 0 Å². The second-order valence-electron chi connectivity index (χ2n) is 5.75. The van der Waals surface area contributed by atoms with Crippen LogP contribution in [-0.2, 0) is 11.2 Å². The maximum absolute atomic E-state index is 5.49. The van der Waals surface area contributed by atoms with E-state index in [2.05, 4.69) is 22.4 Å². The first-order chi connectivity index (χ1) is 9.31. The molecule has 1 aromatic heterocycles. The first-order valence-electron chi connectivity index (χ1n) is 7.40. The van der Waals surface area contributed by atoms with Crippen LogP contribution < -0.4 is 5.32 Å². The Morgan fingerprint density at radius 3 is 2.63 bits per heavy atom. The maximum Gasteiger partial charge on any atom is 0.228 e. The lowest BCUT2D eigenvalue weighted by molar-refractivity contribution is 0.0751. The number of hydrogen-bond donors (Lipinski definition) is 1. The molecule has 0 spiro atoms. The topological polar surface area (TPSA) is 60.2 Å². The highest BCUT2D eigenvalue weighted by atomic mass is 16.5. The molecule has 2 atom stereocenters. The summed E-state index contributed by atoms with van der Waals surface area (Å²) in [5.74, 6) is 2.85. The van der Waals surface area contributed by atoms with Crippen molar-refractivity contribution in [2.75, 3.05) is 13.7 Å². The number of likely N-dealkylation sites (N-methyl/N-ethyl adjacent to an activating group) is 1. The molecular weight excluding hydrogens is 242 g/mol. The van der Waals surface area contributed by atoms with Crippen LogP contribution in [0.25, 0.3) is 0 Å². The van der Waals surface area contributed by atoms with Gasteiger partial charge < -0.3 is 14.6 Å². The van der Waals surface area contributed by atoms with Gasteiger partial charge in [-0.2, -0.15) is 4.98 Å². The molecule has 2 fully saturated rings. The van der Waals surface area contributed by atoms with Crippen molar-refractivity contribution < 1.29 is 9.26 Å². The van der Waals surface area contributed by atoms with Gasteiger partial charge in [-0.25, -0.2) is 0 Å². The van der Waals surface area contributed by atoms with Gasteiger partial charge in [0.15, 0.2) is 0 Å². The molecule has 1 N–H and O–H groups in total. The molecule has 1 aromatic rings. The molecule has 19 heavy (non-hydrogen) atoms. The summed E-state index contributed by atoms with van der Waals surface area (Å²) in [7, 11) is 1.73. The van der Waals surface area contributed by atoms with Crippen LogP contribution in [0, 0.1) is 11.8 Å². The predicted molar refractivity (Wildman–Crippen MR) is 70.7 cm³/mol. The third-order valence-corrected chi connectivity index (χ3v) is 4.09. The van der Waals surface area contributed by atoms with Crippen molar-refractivity contribution in [3.63, 3.8) is 0 Å². The molecule has 106 valence electrons. The highest BCUT2D eigenvalue weighted by Gasteiger charge is 2.36. The summed E-state index contributed by atoms with van der Waals surface area (Å²) in [6.07, 6.45) is 5.93. The van der Waals surface area contributed by atoms with E-state index in [1.54, 1.807) is 7.11 Å². The first kappa shape index (κ1) is 13.1. The fourth-order valence-corrected chi connectivity index (χ4v) is 2.73. The summed E-state index contributed by atoms with van der Waals surface area (Å²) in [4.78, 5) is 4.53. The molecule has 0 saturated heterocycles. The number of aromatic nitrogens is 2. The number of ether oxygens (including phenoxy) is 1. The zero-order chi connectivity index (χ0) is 13.2. The molecule has 5 heteroatoms. The summed E-state index contributed by atoms with van der Waals surface area (Å²) in [6.45, 7) is 3.13. The highest BCUT2D eigenvalue weighted by molar-refractivity contribution is 5.00. The van der Waals surface area contributed by atoms with Gasteiger partial charge in [0.2, 0.25) is 11.7 Å². The summed E-state index contributed by atoms with van der Waals surface area (Å²) in [6, 6.07) is 0.486. The molecular formula is C14H23N3O2.